The van der Waals surface area contributed by atoms with Crippen LogP contribution in [0.15, 0.2) is 36.5 Å². The minimum Gasteiger partial charge on any atom is -0.353 e. The van der Waals surface area contributed by atoms with Crippen molar-refractivity contribution in [3.8, 4) is 0 Å². The molecule has 0 fully saturated rings. The normalized spacial score (nSPS) is 9.94. The number of hydrogen-bond donors (Lipinski definition) is 2. The summed E-state index contributed by atoms with van der Waals surface area (Å²) < 4.78 is 0. The van der Waals surface area contributed by atoms with Crippen LogP contribution < -0.4 is 10.6 Å². The summed E-state index contributed by atoms with van der Waals surface area (Å²) in [6, 6.07) is 9.85. The van der Waals surface area contributed by atoms with E-state index in [1.165, 1.54) is 0 Å². The number of nitrogens with one attached hydrogen (secondary N) is 2. The van der Waals surface area contributed by atoms with Gasteiger partial charge in [0, 0.05) is 12.2 Å². The van der Waals surface area contributed by atoms with Gasteiger partial charge < -0.3 is 10.6 Å². The molecule has 0 saturated heterocycles. The zero-order valence-corrected chi connectivity index (χ0v) is 9.72. The molecule has 0 bridgehead atoms. The van der Waals surface area contributed by atoms with Crippen LogP contribution in [0.4, 0.5) is 17.5 Å². The maximum atomic E-state index is 4.31. The van der Waals surface area contributed by atoms with Crippen LogP contribution in [0, 0.1) is 0 Å². The van der Waals surface area contributed by atoms with Crippen LogP contribution in [-0.2, 0) is 0 Å². The Morgan fingerprint density at radius 1 is 1.18 bits per heavy atom. The highest BCUT2D eigenvalue weighted by Gasteiger charge is 1.99. The van der Waals surface area contributed by atoms with E-state index >= 15 is 0 Å². The summed E-state index contributed by atoms with van der Waals surface area (Å²) in [6.45, 7) is 2.93. The van der Waals surface area contributed by atoms with Gasteiger partial charge in [-0.25, -0.2) is 0 Å². The molecule has 0 spiro atoms. The highest BCUT2D eigenvalue weighted by molar-refractivity contribution is 5.55. The van der Waals surface area contributed by atoms with Gasteiger partial charge in [0.15, 0.2) is 5.82 Å². The average molecular weight is 229 g/mol. The Hall–Kier alpha value is -2.17. The zero-order chi connectivity index (χ0) is 11.9. The van der Waals surface area contributed by atoms with Gasteiger partial charge in [-0.05, 0) is 18.6 Å². The van der Waals surface area contributed by atoms with Crippen molar-refractivity contribution in [1.29, 1.82) is 0 Å². The highest BCUT2D eigenvalue weighted by atomic mass is 15.3. The Bertz CT molecular complexity index is 457. The standard InChI is InChI=1S/C12H15N5/c1-2-8-13-12-16-11(9-14-17-12)15-10-6-4-3-5-7-10/h3-7,9H,2,8H2,1H3,(H2,13,15,16,17). The molecule has 0 aliphatic heterocycles. The van der Waals surface area contributed by atoms with Crippen molar-refractivity contribution in [2.75, 3.05) is 17.2 Å². The van der Waals surface area contributed by atoms with E-state index in [1.807, 2.05) is 30.3 Å². The molecule has 2 N–H and O–H groups in total. The molecule has 0 aliphatic rings. The molecule has 0 unspecified atom stereocenters. The molecule has 1 aromatic carbocycles. The van der Waals surface area contributed by atoms with Crippen molar-refractivity contribution in [2.45, 2.75) is 13.3 Å². The molecule has 5 heteroatoms. The summed E-state index contributed by atoms with van der Waals surface area (Å²) >= 11 is 0. The molecule has 1 heterocycles. The van der Waals surface area contributed by atoms with Crippen LogP contribution in [-0.4, -0.2) is 21.7 Å². The first-order valence-electron chi connectivity index (χ1n) is 5.64. The minimum absolute atomic E-state index is 0.549. The molecule has 0 amide bonds. The zero-order valence-electron chi connectivity index (χ0n) is 9.72. The highest BCUT2D eigenvalue weighted by Crippen LogP contribution is 2.13. The Balaban J connectivity index is 2.06. The van der Waals surface area contributed by atoms with Crippen molar-refractivity contribution in [3.63, 3.8) is 0 Å². The van der Waals surface area contributed by atoms with Crippen molar-refractivity contribution >= 4 is 17.5 Å². The lowest BCUT2D eigenvalue weighted by Gasteiger charge is -2.06. The second-order valence-electron chi connectivity index (χ2n) is 3.58. The van der Waals surface area contributed by atoms with E-state index in [9.17, 15) is 0 Å². The Morgan fingerprint density at radius 2 is 2.00 bits per heavy atom. The lowest BCUT2D eigenvalue weighted by molar-refractivity contribution is 0.913. The monoisotopic (exact) mass is 229 g/mol. The van der Waals surface area contributed by atoms with E-state index in [2.05, 4.69) is 32.7 Å². The van der Waals surface area contributed by atoms with Crippen LogP contribution in [0.3, 0.4) is 0 Å². The van der Waals surface area contributed by atoms with Gasteiger partial charge in [-0.15, -0.1) is 5.10 Å². The van der Waals surface area contributed by atoms with Crippen LogP contribution in [0.25, 0.3) is 0 Å². The molecule has 1 aromatic heterocycles. The quantitative estimate of drug-likeness (QED) is 0.824. The lowest BCUT2D eigenvalue weighted by Crippen LogP contribution is -2.06. The van der Waals surface area contributed by atoms with Crippen molar-refractivity contribution in [1.82, 2.24) is 15.2 Å². The number of rotatable bonds is 5. The fourth-order valence-corrected chi connectivity index (χ4v) is 1.34. The lowest BCUT2D eigenvalue weighted by atomic mass is 10.3. The third-order valence-corrected chi connectivity index (χ3v) is 2.14. The van der Waals surface area contributed by atoms with Crippen LogP contribution in [0.1, 0.15) is 13.3 Å². The minimum atomic E-state index is 0.549. The summed E-state index contributed by atoms with van der Waals surface area (Å²) in [5.41, 5.74) is 0.981. The molecular weight excluding hydrogens is 214 g/mol. The van der Waals surface area contributed by atoms with E-state index in [4.69, 9.17) is 0 Å². The molecule has 2 rings (SSSR count). The molecule has 2 aromatic rings. The molecule has 0 saturated carbocycles. The fourth-order valence-electron chi connectivity index (χ4n) is 1.34. The van der Waals surface area contributed by atoms with Gasteiger partial charge >= 0.3 is 0 Å². The number of nitrogens with zero attached hydrogens (tertiary/aromatic N) is 3. The maximum absolute atomic E-state index is 4.31. The first-order valence-corrected chi connectivity index (χ1v) is 5.64. The van der Waals surface area contributed by atoms with Gasteiger partial charge in [-0.1, -0.05) is 25.1 Å². The van der Waals surface area contributed by atoms with Gasteiger partial charge in [0.25, 0.3) is 0 Å². The first kappa shape index (κ1) is 11.3. The fraction of sp³-hybridized carbons (Fsp3) is 0.250. The number of anilines is 3. The Morgan fingerprint density at radius 3 is 2.76 bits per heavy atom. The van der Waals surface area contributed by atoms with E-state index in [0.29, 0.717) is 11.8 Å². The Labute approximate surface area is 100 Å². The second kappa shape index (κ2) is 5.79. The predicted molar refractivity (Wildman–Crippen MR) is 68.3 cm³/mol. The smallest absolute Gasteiger partial charge is 0.244 e. The summed E-state index contributed by atoms with van der Waals surface area (Å²) in [5.74, 6) is 1.23. The SMILES string of the molecule is CCCNc1nncc(Nc2ccccc2)n1. The van der Waals surface area contributed by atoms with Crippen molar-refractivity contribution < 1.29 is 0 Å². The molecule has 0 atom stereocenters. The molecule has 17 heavy (non-hydrogen) atoms. The summed E-state index contributed by atoms with van der Waals surface area (Å²) in [4.78, 5) is 4.31. The van der Waals surface area contributed by atoms with Gasteiger partial charge in [-0.3, -0.25) is 0 Å². The second-order valence-corrected chi connectivity index (χ2v) is 3.58. The first-order chi connectivity index (χ1) is 8.38. The molecule has 5 nitrogen and oxygen atoms in total. The number of para-hydroxylation sites is 1. The van der Waals surface area contributed by atoms with Crippen LogP contribution in [0.5, 0.6) is 0 Å². The van der Waals surface area contributed by atoms with E-state index in [-0.39, 0.29) is 0 Å². The molecule has 88 valence electrons. The van der Waals surface area contributed by atoms with E-state index in [1.54, 1.807) is 6.20 Å². The van der Waals surface area contributed by atoms with Gasteiger partial charge in [0.2, 0.25) is 5.95 Å². The number of benzene rings is 1. The molecule has 0 aliphatic carbocycles. The predicted octanol–water partition coefficient (Wildman–Crippen LogP) is 2.44. The third kappa shape index (κ3) is 3.41. The molecular formula is C12H15N5. The van der Waals surface area contributed by atoms with Gasteiger partial charge in [-0.2, -0.15) is 10.1 Å². The van der Waals surface area contributed by atoms with Crippen molar-refractivity contribution in [2.24, 2.45) is 0 Å². The topological polar surface area (TPSA) is 62.7 Å². The van der Waals surface area contributed by atoms with Gasteiger partial charge in [0.05, 0.1) is 6.20 Å². The van der Waals surface area contributed by atoms with E-state index < -0.39 is 0 Å². The molecule has 0 radical (unpaired) electrons. The average Bonchev–Trinajstić information content (AvgIpc) is 2.38. The number of aromatic nitrogens is 3. The maximum Gasteiger partial charge on any atom is 0.244 e. The van der Waals surface area contributed by atoms with Crippen LogP contribution in [0.2, 0.25) is 0 Å². The largest absolute Gasteiger partial charge is 0.353 e. The summed E-state index contributed by atoms with van der Waals surface area (Å²) in [5, 5.41) is 14.1. The van der Waals surface area contributed by atoms with Crippen LogP contribution >= 0.6 is 0 Å². The van der Waals surface area contributed by atoms with Gasteiger partial charge in [0.1, 0.15) is 0 Å². The summed E-state index contributed by atoms with van der Waals surface area (Å²) in [6.07, 6.45) is 2.63. The van der Waals surface area contributed by atoms with E-state index in [0.717, 1.165) is 18.7 Å². The van der Waals surface area contributed by atoms with Crippen molar-refractivity contribution in [3.05, 3.63) is 36.5 Å². The third-order valence-electron chi connectivity index (χ3n) is 2.14. The summed E-state index contributed by atoms with van der Waals surface area (Å²) in [7, 11) is 0. The number of hydrogen-bond acceptors (Lipinski definition) is 5. The Kier molecular flexibility index (Phi) is 3.85.